The van der Waals surface area contributed by atoms with E-state index >= 15 is 0 Å². The third-order valence-electron chi connectivity index (χ3n) is 3.57. The molecule has 0 saturated carbocycles. The first-order valence-corrected chi connectivity index (χ1v) is 6.98. The summed E-state index contributed by atoms with van der Waals surface area (Å²) in [6, 6.07) is 4.82. The standard InChI is InChI=1S/C13H12BrN3O3/c1-16-10-6-7(14)2-3-8(10)17(13(16)20)9-4-5-11(18)15-12(9)19/h2-3,6,9H,4-5H2,1H3,(H,15,18,19)/t9-/m0/s1. The highest BCUT2D eigenvalue weighted by molar-refractivity contribution is 9.10. The van der Waals surface area contributed by atoms with Crippen LogP contribution in [0.3, 0.4) is 0 Å². The molecule has 2 amide bonds. The van der Waals surface area contributed by atoms with E-state index in [1.807, 2.05) is 12.1 Å². The number of carbonyl (C=O) groups excluding carboxylic acids is 2. The molecule has 1 aromatic carbocycles. The second-order valence-electron chi connectivity index (χ2n) is 4.81. The fourth-order valence-electron chi connectivity index (χ4n) is 2.57. The summed E-state index contributed by atoms with van der Waals surface area (Å²) in [5.74, 6) is -0.707. The van der Waals surface area contributed by atoms with Gasteiger partial charge in [0.2, 0.25) is 11.8 Å². The smallest absolute Gasteiger partial charge is 0.295 e. The molecule has 1 aliphatic rings. The Kier molecular flexibility index (Phi) is 3.01. The Morgan fingerprint density at radius 1 is 1.25 bits per heavy atom. The second kappa shape index (κ2) is 4.59. The van der Waals surface area contributed by atoms with E-state index in [4.69, 9.17) is 0 Å². The Hall–Kier alpha value is -1.89. The Morgan fingerprint density at radius 2 is 2.00 bits per heavy atom. The lowest BCUT2D eigenvalue weighted by Crippen LogP contribution is -2.44. The molecule has 2 aromatic rings. The monoisotopic (exact) mass is 337 g/mol. The highest BCUT2D eigenvalue weighted by Crippen LogP contribution is 2.24. The van der Waals surface area contributed by atoms with Gasteiger partial charge in [0.1, 0.15) is 6.04 Å². The highest BCUT2D eigenvalue weighted by Gasteiger charge is 2.31. The van der Waals surface area contributed by atoms with Crippen LogP contribution in [-0.2, 0) is 16.6 Å². The molecule has 1 N–H and O–H groups in total. The SMILES string of the molecule is Cn1c(=O)n([C@H]2CCC(=O)NC2=O)c2ccc(Br)cc21. The van der Waals surface area contributed by atoms with Crippen LogP contribution in [0.25, 0.3) is 11.0 Å². The van der Waals surface area contributed by atoms with Crippen molar-refractivity contribution < 1.29 is 9.59 Å². The molecule has 1 aromatic heterocycles. The Balaban J connectivity index is 2.21. The topological polar surface area (TPSA) is 73.1 Å². The normalized spacial score (nSPS) is 19.4. The van der Waals surface area contributed by atoms with Crippen molar-refractivity contribution in [1.82, 2.24) is 14.5 Å². The number of imide groups is 1. The summed E-state index contributed by atoms with van der Waals surface area (Å²) in [7, 11) is 1.67. The third-order valence-corrected chi connectivity index (χ3v) is 4.07. The number of nitrogens with zero attached hydrogens (tertiary/aromatic N) is 2. The van der Waals surface area contributed by atoms with E-state index in [2.05, 4.69) is 21.2 Å². The molecule has 3 rings (SSSR count). The van der Waals surface area contributed by atoms with Gasteiger partial charge in [-0.3, -0.25) is 24.0 Å². The zero-order valence-electron chi connectivity index (χ0n) is 10.7. The molecule has 1 aliphatic heterocycles. The summed E-state index contributed by atoms with van der Waals surface area (Å²) < 4.78 is 3.83. The lowest BCUT2D eigenvalue weighted by molar-refractivity contribution is -0.135. The van der Waals surface area contributed by atoms with Crippen molar-refractivity contribution in [2.75, 3.05) is 0 Å². The number of aryl methyl sites for hydroxylation is 1. The van der Waals surface area contributed by atoms with Gasteiger partial charge in [0.15, 0.2) is 0 Å². The highest BCUT2D eigenvalue weighted by atomic mass is 79.9. The van der Waals surface area contributed by atoms with Crippen molar-refractivity contribution in [1.29, 1.82) is 0 Å². The van der Waals surface area contributed by atoms with Gasteiger partial charge in [0.25, 0.3) is 0 Å². The third kappa shape index (κ3) is 1.89. The van der Waals surface area contributed by atoms with E-state index in [1.165, 1.54) is 9.13 Å². The van der Waals surface area contributed by atoms with Crippen LogP contribution in [0.1, 0.15) is 18.9 Å². The molecule has 6 nitrogen and oxygen atoms in total. The number of carbonyl (C=O) groups is 2. The van der Waals surface area contributed by atoms with Crippen molar-refractivity contribution in [3.8, 4) is 0 Å². The fraction of sp³-hybridized carbons (Fsp3) is 0.308. The number of imidazole rings is 1. The van der Waals surface area contributed by atoms with Gasteiger partial charge in [-0.05, 0) is 24.6 Å². The average molecular weight is 338 g/mol. The number of hydrogen-bond acceptors (Lipinski definition) is 3. The molecule has 1 atom stereocenters. The molecule has 0 radical (unpaired) electrons. The van der Waals surface area contributed by atoms with Gasteiger partial charge < -0.3 is 0 Å². The quantitative estimate of drug-likeness (QED) is 0.791. The predicted octanol–water partition coefficient (Wildman–Crippen LogP) is 1.08. The molecule has 1 saturated heterocycles. The zero-order chi connectivity index (χ0) is 14.4. The van der Waals surface area contributed by atoms with E-state index in [9.17, 15) is 14.4 Å². The van der Waals surface area contributed by atoms with E-state index in [-0.39, 0.29) is 18.0 Å². The van der Waals surface area contributed by atoms with Crippen LogP contribution in [0.15, 0.2) is 27.5 Å². The lowest BCUT2D eigenvalue weighted by Gasteiger charge is -2.21. The molecule has 2 heterocycles. The van der Waals surface area contributed by atoms with Gasteiger partial charge in [-0.1, -0.05) is 15.9 Å². The molecule has 1 fully saturated rings. The number of rotatable bonds is 1. The summed E-state index contributed by atoms with van der Waals surface area (Å²) in [6.07, 6.45) is 0.593. The first-order valence-electron chi connectivity index (χ1n) is 6.19. The maximum absolute atomic E-state index is 12.4. The summed E-state index contributed by atoms with van der Waals surface area (Å²) in [5, 5.41) is 2.28. The summed E-state index contributed by atoms with van der Waals surface area (Å²) in [4.78, 5) is 35.6. The van der Waals surface area contributed by atoms with Crippen molar-refractivity contribution in [3.05, 3.63) is 33.2 Å². The number of halogens is 1. The Bertz CT molecular complexity index is 790. The van der Waals surface area contributed by atoms with Crippen molar-refractivity contribution in [2.24, 2.45) is 7.05 Å². The number of amides is 2. The minimum atomic E-state index is -0.634. The molecule has 0 unspecified atom stereocenters. The van der Waals surface area contributed by atoms with Crippen LogP contribution in [-0.4, -0.2) is 20.9 Å². The molecule has 7 heteroatoms. The molecular weight excluding hydrogens is 326 g/mol. The molecular formula is C13H12BrN3O3. The molecule has 20 heavy (non-hydrogen) atoms. The van der Waals surface area contributed by atoms with Crippen LogP contribution in [0.5, 0.6) is 0 Å². The van der Waals surface area contributed by atoms with Gasteiger partial charge >= 0.3 is 5.69 Å². The van der Waals surface area contributed by atoms with Gasteiger partial charge in [-0.25, -0.2) is 4.79 Å². The zero-order valence-corrected chi connectivity index (χ0v) is 12.3. The van der Waals surface area contributed by atoms with Gasteiger partial charge in [-0.2, -0.15) is 0 Å². The van der Waals surface area contributed by atoms with E-state index in [1.54, 1.807) is 13.1 Å². The average Bonchev–Trinajstić information content (AvgIpc) is 2.63. The summed E-state index contributed by atoms with van der Waals surface area (Å²) in [5.41, 5.74) is 1.18. The summed E-state index contributed by atoms with van der Waals surface area (Å²) in [6.45, 7) is 0. The van der Waals surface area contributed by atoms with Crippen LogP contribution >= 0.6 is 15.9 Å². The first kappa shape index (κ1) is 13.1. The van der Waals surface area contributed by atoms with E-state index in [0.29, 0.717) is 11.9 Å². The number of piperidine rings is 1. The largest absolute Gasteiger partial charge is 0.329 e. The fourth-order valence-corrected chi connectivity index (χ4v) is 2.92. The predicted molar refractivity (Wildman–Crippen MR) is 76.3 cm³/mol. The van der Waals surface area contributed by atoms with Crippen molar-refractivity contribution >= 4 is 38.8 Å². The van der Waals surface area contributed by atoms with E-state index in [0.717, 1.165) is 9.99 Å². The van der Waals surface area contributed by atoms with Crippen molar-refractivity contribution in [3.63, 3.8) is 0 Å². The maximum Gasteiger partial charge on any atom is 0.329 e. The number of aromatic nitrogens is 2. The number of fused-ring (bicyclic) bond motifs is 1. The molecule has 0 aliphatic carbocycles. The van der Waals surface area contributed by atoms with E-state index < -0.39 is 11.9 Å². The minimum Gasteiger partial charge on any atom is -0.295 e. The second-order valence-corrected chi connectivity index (χ2v) is 5.73. The van der Waals surface area contributed by atoms with Gasteiger partial charge in [0, 0.05) is 17.9 Å². The van der Waals surface area contributed by atoms with Crippen LogP contribution in [0.4, 0.5) is 0 Å². The Morgan fingerprint density at radius 3 is 2.70 bits per heavy atom. The minimum absolute atomic E-state index is 0.246. The number of benzene rings is 1. The molecule has 0 spiro atoms. The lowest BCUT2D eigenvalue weighted by atomic mass is 10.1. The maximum atomic E-state index is 12.4. The van der Waals surface area contributed by atoms with Crippen LogP contribution in [0, 0.1) is 0 Å². The van der Waals surface area contributed by atoms with Crippen LogP contribution < -0.4 is 11.0 Å². The summed E-state index contributed by atoms with van der Waals surface area (Å²) >= 11 is 3.37. The Labute approximate surface area is 122 Å². The van der Waals surface area contributed by atoms with Gasteiger partial charge in [0.05, 0.1) is 11.0 Å². The molecule has 104 valence electrons. The number of nitrogens with one attached hydrogen (secondary N) is 1. The first-order chi connectivity index (χ1) is 9.49. The number of hydrogen-bond donors (Lipinski definition) is 1. The van der Waals surface area contributed by atoms with Crippen LogP contribution in [0.2, 0.25) is 0 Å². The van der Waals surface area contributed by atoms with Crippen molar-refractivity contribution in [2.45, 2.75) is 18.9 Å². The molecule has 0 bridgehead atoms. The van der Waals surface area contributed by atoms with Gasteiger partial charge in [-0.15, -0.1) is 0 Å².